The molecule has 184 valence electrons. The van der Waals surface area contributed by atoms with Crippen molar-refractivity contribution in [3.8, 4) is 22.3 Å². The first kappa shape index (κ1) is 24.3. The summed E-state index contributed by atoms with van der Waals surface area (Å²) in [4.78, 5) is 0. The zero-order valence-electron chi connectivity index (χ0n) is 21.4. The second kappa shape index (κ2) is 8.78. The Balaban J connectivity index is 1.54. The third-order valence-corrected chi connectivity index (χ3v) is 20.3. The number of benzene rings is 4. The van der Waals surface area contributed by atoms with Crippen LogP contribution in [0.25, 0.3) is 34.4 Å². The van der Waals surface area contributed by atoms with Crippen LogP contribution in [-0.4, -0.2) is 3.71 Å². The van der Waals surface area contributed by atoms with Gasteiger partial charge < -0.3 is 0 Å². The molecule has 0 N–H and O–H groups in total. The summed E-state index contributed by atoms with van der Waals surface area (Å²) in [7, 11) is 0. The van der Waals surface area contributed by atoms with E-state index in [2.05, 4.69) is 36.4 Å². The second-order valence-electron chi connectivity index (χ2n) is 10.5. The van der Waals surface area contributed by atoms with E-state index in [9.17, 15) is 0 Å². The Hall–Kier alpha value is -3.03. The summed E-state index contributed by atoms with van der Waals surface area (Å²) < 4.78 is 35.6. The SMILES string of the molecule is C[CH]=[Zr]([F])([F])([CH]1C(C)=Cc2c(-c3ccccc3)cccc21)[CH]1C(C)=Cc2c(-c3ccccc3)cccc21. The summed E-state index contributed by atoms with van der Waals surface area (Å²) in [6.45, 7) is 5.43. The topological polar surface area (TPSA) is 0 Å². The minimum atomic E-state index is -6.69. The second-order valence-corrected chi connectivity index (χ2v) is 20.8. The zero-order chi connectivity index (χ0) is 25.8. The minimum absolute atomic E-state index is 0.785. The molecule has 0 radical (unpaired) electrons. The molecule has 0 aromatic heterocycles. The monoisotopic (exact) mass is 566 g/mol. The van der Waals surface area contributed by atoms with Gasteiger partial charge in [-0.3, -0.25) is 0 Å². The Labute approximate surface area is 220 Å². The molecule has 2 aliphatic carbocycles. The maximum atomic E-state index is 18.0. The van der Waals surface area contributed by atoms with E-state index in [1.165, 1.54) is 3.71 Å². The van der Waals surface area contributed by atoms with E-state index < -0.39 is 26.8 Å². The van der Waals surface area contributed by atoms with Crippen LogP contribution in [0.1, 0.15) is 50.3 Å². The van der Waals surface area contributed by atoms with Crippen LogP contribution < -0.4 is 0 Å². The van der Waals surface area contributed by atoms with Crippen molar-refractivity contribution in [2.24, 2.45) is 0 Å². The van der Waals surface area contributed by atoms with Crippen LogP contribution in [0.3, 0.4) is 0 Å². The summed E-state index contributed by atoms with van der Waals surface area (Å²) in [5, 5.41) is 0. The average molecular weight is 568 g/mol. The number of halogens is 2. The fourth-order valence-electron chi connectivity index (χ4n) is 6.81. The molecule has 2 unspecified atom stereocenters. The van der Waals surface area contributed by atoms with Gasteiger partial charge in [0.05, 0.1) is 0 Å². The molecule has 0 heterocycles. The van der Waals surface area contributed by atoms with Gasteiger partial charge in [0, 0.05) is 0 Å². The van der Waals surface area contributed by atoms with E-state index in [4.69, 9.17) is 0 Å². The van der Waals surface area contributed by atoms with Crippen molar-refractivity contribution in [2.75, 3.05) is 0 Å². The number of hydrogen-bond donors (Lipinski definition) is 0. The summed E-state index contributed by atoms with van der Waals surface area (Å²) in [6.07, 6.45) is 4.04. The zero-order valence-corrected chi connectivity index (χ0v) is 23.8. The Kier molecular flexibility index (Phi) is 5.77. The molecule has 0 aliphatic heterocycles. The predicted molar refractivity (Wildman–Crippen MR) is 150 cm³/mol. The van der Waals surface area contributed by atoms with Gasteiger partial charge >= 0.3 is 221 Å². The van der Waals surface area contributed by atoms with Gasteiger partial charge in [0.15, 0.2) is 0 Å². The number of hydrogen-bond acceptors (Lipinski definition) is 0. The average Bonchev–Trinajstić information content (AvgIpc) is 3.46. The van der Waals surface area contributed by atoms with Crippen molar-refractivity contribution in [3.05, 3.63) is 130 Å². The van der Waals surface area contributed by atoms with Crippen LogP contribution in [-0.2, 0) is 19.5 Å². The van der Waals surface area contributed by atoms with E-state index >= 15 is 5.25 Å². The van der Waals surface area contributed by atoms with Crippen molar-refractivity contribution in [3.63, 3.8) is 0 Å². The normalized spacial score (nSPS) is 18.6. The van der Waals surface area contributed by atoms with Crippen LogP contribution in [0.15, 0.2) is 108 Å². The first-order chi connectivity index (χ1) is 17.8. The van der Waals surface area contributed by atoms with E-state index in [0.29, 0.717) is 0 Å². The molecule has 0 fully saturated rings. The number of rotatable bonds is 4. The van der Waals surface area contributed by atoms with E-state index in [1.54, 1.807) is 6.92 Å². The van der Waals surface area contributed by atoms with Crippen LogP contribution in [0, 0.1) is 0 Å². The first-order valence-electron chi connectivity index (χ1n) is 12.9. The quantitative estimate of drug-likeness (QED) is 0.230. The van der Waals surface area contributed by atoms with Crippen molar-refractivity contribution < 1.29 is 24.8 Å². The van der Waals surface area contributed by atoms with Gasteiger partial charge in [0.1, 0.15) is 0 Å². The summed E-state index contributed by atoms with van der Waals surface area (Å²) >= 11 is -6.69. The van der Waals surface area contributed by atoms with Gasteiger partial charge in [-0.05, 0) is 0 Å². The molecule has 0 saturated carbocycles. The molecule has 0 bridgehead atoms. The van der Waals surface area contributed by atoms with E-state index in [-0.39, 0.29) is 0 Å². The fraction of sp³-hybridized carbons (Fsp3) is 0.147. The third kappa shape index (κ3) is 3.66. The first-order valence-corrected chi connectivity index (χ1v) is 19.1. The van der Waals surface area contributed by atoms with Gasteiger partial charge in [0.2, 0.25) is 0 Å². The van der Waals surface area contributed by atoms with Gasteiger partial charge in [-0.15, -0.1) is 0 Å². The molecule has 4 aromatic carbocycles. The number of fused-ring (bicyclic) bond motifs is 2. The third-order valence-electron chi connectivity index (χ3n) is 8.38. The Morgan fingerprint density at radius 2 is 0.973 bits per heavy atom. The predicted octanol–water partition coefficient (Wildman–Crippen LogP) is 9.92. The van der Waals surface area contributed by atoms with Crippen LogP contribution in [0.4, 0.5) is 5.25 Å². The van der Waals surface area contributed by atoms with Crippen molar-refractivity contribution in [2.45, 2.75) is 28.0 Å². The molecular formula is C34H30F2Zr. The van der Waals surface area contributed by atoms with E-state index in [0.717, 1.165) is 55.7 Å². The standard InChI is InChI=1S/2C16H13.C2H4.2FH.Zr/c2*1-12-10-14-8-5-9-15(16(14)11-12)13-6-3-2-4-7-13;1-2;;;/h2*2-11H,1H3;1H,2H3;2*1H;/q;;;;;+2/p-2. The molecule has 0 nitrogen and oxygen atoms in total. The molecule has 6 rings (SSSR count). The maximum absolute atomic E-state index is 18.0. The van der Waals surface area contributed by atoms with Gasteiger partial charge in [-0.25, -0.2) is 0 Å². The van der Waals surface area contributed by atoms with Gasteiger partial charge in [-0.1, -0.05) is 0 Å². The Morgan fingerprint density at radius 3 is 1.35 bits per heavy atom. The molecule has 0 spiro atoms. The van der Waals surface area contributed by atoms with Gasteiger partial charge in [0.25, 0.3) is 0 Å². The molecule has 37 heavy (non-hydrogen) atoms. The molecule has 4 aromatic rings. The number of allylic oxidation sites excluding steroid dienone is 2. The Bertz CT molecular complexity index is 1540. The summed E-state index contributed by atoms with van der Waals surface area (Å²) in [6, 6.07) is 32.1. The molecule has 0 saturated heterocycles. The van der Waals surface area contributed by atoms with Crippen LogP contribution in [0.5, 0.6) is 0 Å². The molecule has 3 heteroatoms. The van der Waals surface area contributed by atoms with E-state index in [1.807, 2.05) is 86.7 Å². The molecule has 0 amide bonds. The molecule has 2 atom stereocenters. The van der Waals surface area contributed by atoms with Gasteiger partial charge in [-0.2, -0.15) is 0 Å². The van der Waals surface area contributed by atoms with Crippen molar-refractivity contribution in [1.29, 1.82) is 0 Å². The Morgan fingerprint density at radius 1 is 0.568 bits per heavy atom. The van der Waals surface area contributed by atoms with Crippen LogP contribution >= 0.6 is 0 Å². The van der Waals surface area contributed by atoms with Crippen LogP contribution in [0.2, 0.25) is 0 Å². The molecular weight excluding hydrogens is 538 g/mol. The fourth-order valence-corrected chi connectivity index (χ4v) is 18.1. The summed E-state index contributed by atoms with van der Waals surface area (Å²) in [5.74, 6) is 0. The summed E-state index contributed by atoms with van der Waals surface area (Å²) in [5.41, 5.74) is 9.22. The van der Waals surface area contributed by atoms with Crippen molar-refractivity contribution in [1.82, 2.24) is 0 Å². The van der Waals surface area contributed by atoms with Crippen molar-refractivity contribution >= 4 is 15.9 Å². The molecule has 2 aliphatic rings.